The molecular weight excluding hydrogens is 190 g/mol. The zero-order valence-electron chi connectivity index (χ0n) is 9.28. The highest BCUT2D eigenvalue weighted by atomic mass is 16.5. The number of rotatable bonds is 5. The van der Waals surface area contributed by atoms with Gasteiger partial charge in [-0.15, -0.1) is 0 Å². The minimum absolute atomic E-state index is 0.648. The maximum Gasteiger partial charge on any atom is 0.0948 e. The molecule has 0 amide bonds. The van der Waals surface area contributed by atoms with Crippen molar-refractivity contribution in [3.05, 3.63) is 18.2 Å². The average molecular weight is 209 g/mol. The van der Waals surface area contributed by atoms with Crippen molar-refractivity contribution < 1.29 is 4.74 Å². The zero-order valence-corrected chi connectivity index (χ0v) is 9.28. The predicted octanol–water partition coefficient (Wildman–Crippen LogP) is 0.997. The van der Waals surface area contributed by atoms with Crippen molar-refractivity contribution in [2.24, 2.45) is 0 Å². The molecule has 1 unspecified atom stereocenters. The highest BCUT2D eigenvalue weighted by Crippen LogP contribution is 2.21. The third kappa shape index (κ3) is 2.58. The number of aryl methyl sites for hydroxylation is 1. The van der Waals surface area contributed by atoms with Crippen molar-refractivity contribution in [3.8, 4) is 0 Å². The minimum Gasteiger partial charge on any atom is -0.385 e. The van der Waals surface area contributed by atoms with Gasteiger partial charge >= 0.3 is 0 Å². The fourth-order valence-corrected chi connectivity index (χ4v) is 2.14. The topological polar surface area (TPSA) is 39.1 Å². The second-order valence-electron chi connectivity index (χ2n) is 4.05. The van der Waals surface area contributed by atoms with Gasteiger partial charge in [0.1, 0.15) is 0 Å². The molecule has 15 heavy (non-hydrogen) atoms. The summed E-state index contributed by atoms with van der Waals surface area (Å²) in [7, 11) is 1.75. The fourth-order valence-electron chi connectivity index (χ4n) is 2.14. The van der Waals surface area contributed by atoms with E-state index in [2.05, 4.69) is 14.9 Å². The van der Waals surface area contributed by atoms with Crippen LogP contribution in [0.5, 0.6) is 0 Å². The van der Waals surface area contributed by atoms with Gasteiger partial charge < -0.3 is 14.6 Å². The normalized spacial score (nSPS) is 21.0. The van der Waals surface area contributed by atoms with E-state index in [0.29, 0.717) is 5.92 Å². The number of hydrogen-bond donors (Lipinski definition) is 1. The van der Waals surface area contributed by atoms with Gasteiger partial charge in [0, 0.05) is 44.6 Å². The predicted molar refractivity (Wildman–Crippen MR) is 58.9 cm³/mol. The van der Waals surface area contributed by atoms with Crippen LogP contribution in [0.2, 0.25) is 0 Å². The van der Waals surface area contributed by atoms with Crippen LogP contribution in [0.4, 0.5) is 0 Å². The number of ether oxygens (including phenoxy) is 1. The van der Waals surface area contributed by atoms with E-state index in [9.17, 15) is 0 Å². The largest absolute Gasteiger partial charge is 0.385 e. The molecule has 2 rings (SSSR count). The van der Waals surface area contributed by atoms with Gasteiger partial charge in [-0.2, -0.15) is 0 Å². The quantitative estimate of drug-likeness (QED) is 0.735. The van der Waals surface area contributed by atoms with Crippen LogP contribution in [0.3, 0.4) is 0 Å². The van der Waals surface area contributed by atoms with E-state index in [1.54, 1.807) is 7.11 Å². The van der Waals surface area contributed by atoms with Gasteiger partial charge in [-0.05, 0) is 19.4 Å². The number of methoxy groups -OCH3 is 1. The van der Waals surface area contributed by atoms with Crippen LogP contribution >= 0.6 is 0 Å². The Morgan fingerprint density at radius 2 is 2.60 bits per heavy atom. The molecule has 1 saturated heterocycles. The summed E-state index contributed by atoms with van der Waals surface area (Å²) in [6, 6.07) is 0. The fraction of sp³-hybridized carbons (Fsp3) is 0.727. The Morgan fingerprint density at radius 1 is 1.67 bits per heavy atom. The maximum absolute atomic E-state index is 5.06. The Balaban J connectivity index is 1.95. The molecular formula is C11H19N3O. The first kappa shape index (κ1) is 10.6. The van der Waals surface area contributed by atoms with Crippen molar-refractivity contribution in [1.29, 1.82) is 0 Å². The third-order valence-corrected chi connectivity index (χ3v) is 2.97. The molecule has 2 heterocycles. The summed E-state index contributed by atoms with van der Waals surface area (Å²) in [6.07, 6.45) is 6.23. The molecule has 84 valence electrons. The summed E-state index contributed by atoms with van der Waals surface area (Å²) in [5.41, 5.74) is 1.37. The first-order chi connectivity index (χ1) is 7.42. The monoisotopic (exact) mass is 209 g/mol. The van der Waals surface area contributed by atoms with E-state index in [1.807, 2.05) is 12.5 Å². The number of nitrogens with one attached hydrogen (secondary N) is 1. The maximum atomic E-state index is 5.06. The summed E-state index contributed by atoms with van der Waals surface area (Å²) in [4.78, 5) is 4.24. The lowest BCUT2D eigenvalue weighted by molar-refractivity contribution is 0.190. The van der Waals surface area contributed by atoms with Gasteiger partial charge in [0.15, 0.2) is 0 Å². The molecule has 0 aliphatic carbocycles. The third-order valence-electron chi connectivity index (χ3n) is 2.97. The summed E-state index contributed by atoms with van der Waals surface area (Å²) in [6.45, 7) is 4.06. The van der Waals surface area contributed by atoms with Crippen LogP contribution in [0.1, 0.15) is 24.5 Å². The molecule has 0 radical (unpaired) electrons. The van der Waals surface area contributed by atoms with Gasteiger partial charge in [0.2, 0.25) is 0 Å². The van der Waals surface area contributed by atoms with Crippen LogP contribution in [0.25, 0.3) is 0 Å². The Bertz CT molecular complexity index is 292. The van der Waals surface area contributed by atoms with Gasteiger partial charge in [-0.3, -0.25) is 0 Å². The molecule has 1 atom stereocenters. The standard InChI is InChI=1S/C11H19N3O/c1-15-6-2-5-14-9-13-8-11(14)10-3-4-12-7-10/h8-10,12H,2-7H2,1H3. The molecule has 0 saturated carbocycles. The Hall–Kier alpha value is -0.870. The van der Waals surface area contributed by atoms with Gasteiger partial charge in [-0.1, -0.05) is 0 Å². The summed E-state index contributed by atoms with van der Waals surface area (Å²) >= 11 is 0. The van der Waals surface area contributed by atoms with Crippen LogP contribution in [0, 0.1) is 0 Å². The molecule has 0 aromatic carbocycles. The Labute approximate surface area is 90.6 Å². The van der Waals surface area contributed by atoms with Crippen LogP contribution in [-0.4, -0.2) is 36.4 Å². The summed E-state index contributed by atoms with van der Waals surface area (Å²) < 4.78 is 7.32. The van der Waals surface area contributed by atoms with Crippen molar-refractivity contribution in [3.63, 3.8) is 0 Å². The smallest absolute Gasteiger partial charge is 0.0948 e. The second-order valence-corrected chi connectivity index (χ2v) is 4.05. The molecule has 1 aromatic rings. The van der Waals surface area contributed by atoms with E-state index in [0.717, 1.165) is 32.7 Å². The molecule has 4 nitrogen and oxygen atoms in total. The summed E-state index contributed by atoms with van der Waals surface area (Å²) in [5.74, 6) is 0.648. The Kier molecular flexibility index (Phi) is 3.75. The van der Waals surface area contributed by atoms with Crippen LogP contribution < -0.4 is 5.32 Å². The molecule has 4 heteroatoms. The molecule has 0 spiro atoms. The first-order valence-corrected chi connectivity index (χ1v) is 5.61. The Morgan fingerprint density at radius 3 is 3.33 bits per heavy atom. The van der Waals surface area contributed by atoms with Crippen LogP contribution in [0.15, 0.2) is 12.5 Å². The molecule has 1 aliphatic heterocycles. The van der Waals surface area contributed by atoms with Gasteiger partial charge in [0.05, 0.1) is 6.33 Å². The molecule has 1 aromatic heterocycles. The SMILES string of the molecule is COCCCn1cncc1C1CCNC1. The second kappa shape index (κ2) is 5.28. The zero-order chi connectivity index (χ0) is 10.5. The van der Waals surface area contributed by atoms with Crippen molar-refractivity contribution in [2.45, 2.75) is 25.3 Å². The molecule has 1 N–H and O–H groups in total. The van der Waals surface area contributed by atoms with E-state index in [1.165, 1.54) is 12.1 Å². The molecule has 1 aliphatic rings. The van der Waals surface area contributed by atoms with E-state index in [4.69, 9.17) is 4.74 Å². The van der Waals surface area contributed by atoms with Crippen molar-refractivity contribution in [1.82, 2.24) is 14.9 Å². The number of hydrogen-bond acceptors (Lipinski definition) is 3. The van der Waals surface area contributed by atoms with E-state index < -0.39 is 0 Å². The van der Waals surface area contributed by atoms with E-state index >= 15 is 0 Å². The lowest BCUT2D eigenvalue weighted by Gasteiger charge is -2.12. The number of nitrogens with zero attached hydrogens (tertiary/aromatic N) is 2. The van der Waals surface area contributed by atoms with Gasteiger partial charge in [0.25, 0.3) is 0 Å². The summed E-state index contributed by atoms with van der Waals surface area (Å²) in [5, 5.41) is 3.39. The first-order valence-electron chi connectivity index (χ1n) is 5.61. The molecule has 1 fully saturated rings. The van der Waals surface area contributed by atoms with Crippen molar-refractivity contribution in [2.75, 3.05) is 26.8 Å². The average Bonchev–Trinajstić information content (AvgIpc) is 2.87. The lowest BCUT2D eigenvalue weighted by atomic mass is 10.1. The van der Waals surface area contributed by atoms with Crippen LogP contribution in [-0.2, 0) is 11.3 Å². The van der Waals surface area contributed by atoms with Gasteiger partial charge in [-0.25, -0.2) is 4.98 Å². The highest BCUT2D eigenvalue weighted by molar-refractivity contribution is 5.09. The highest BCUT2D eigenvalue weighted by Gasteiger charge is 2.19. The van der Waals surface area contributed by atoms with Crippen molar-refractivity contribution >= 4 is 0 Å². The lowest BCUT2D eigenvalue weighted by Crippen LogP contribution is -2.12. The number of imidazole rings is 1. The minimum atomic E-state index is 0.648. The number of aromatic nitrogens is 2. The van der Waals surface area contributed by atoms with E-state index in [-0.39, 0.29) is 0 Å². The molecule has 0 bridgehead atoms.